The van der Waals surface area contributed by atoms with Gasteiger partial charge in [-0.25, -0.2) is 4.98 Å². The fourth-order valence-electron chi connectivity index (χ4n) is 3.00. The smallest absolute Gasteiger partial charge is 0.267 e. The lowest BCUT2D eigenvalue weighted by Gasteiger charge is -2.07. The number of nitrogens with zero attached hydrogens (tertiary/aromatic N) is 3. The van der Waals surface area contributed by atoms with Crippen LogP contribution in [-0.2, 0) is 0 Å². The average molecular weight is 313 g/mol. The average Bonchev–Trinajstić information content (AvgIpc) is 3.02. The highest BCUT2D eigenvalue weighted by Gasteiger charge is 2.19. The van der Waals surface area contributed by atoms with Crippen LogP contribution < -0.4 is 10.8 Å². The van der Waals surface area contributed by atoms with E-state index in [0.29, 0.717) is 27.8 Å². The fraction of sp³-hybridized carbons (Fsp3) is 0. The summed E-state index contributed by atoms with van der Waals surface area (Å²) in [7, 11) is 0. The molecule has 24 heavy (non-hydrogen) atoms. The maximum Gasteiger partial charge on any atom is 0.267 e. The van der Waals surface area contributed by atoms with Gasteiger partial charge in [-0.15, -0.1) is 0 Å². The van der Waals surface area contributed by atoms with Gasteiger partial charge < -0.3 is 5.11 Å². The number of pyridine rings is 1. The van der Waals surface area contributed by atoms with E-state index in [1.165, 1.54) is 4.40 Å². The molecule has 0 atom stereocenters. The molecule has 5 nitrogen and oxygen atoms in total. The number of hydrogen-bond donors (Lipinski definition) is 1. The quantitative estimate of drug-likeness (QED) is 0.585. The van der Waals surface area contributed by atoms with Gasteiger partial charge in [0, 0.05) is 5.56 Å². The van der Waals surface area contributed by atoms with E-state index in [9.17, 15) is 15.2 Å². The van der Waals surface area contributed by atoms with Crippen LogP contribution in [0, 0.1) is 11.3 Å². The highest BCUT2D eigenvalue weighted by Crippen LogP contribution is 2.24. The first-order valence-corrected chi connectivity index (χ1v) is 7.33. The maximum absolute atomic E-state index is 12.9. The molecule has 4 aromatic rings. The van der Waals surface area contributed by atoms with Crippen LogP contribution in [0.3, 0.4) is 0 Å². The number of nitriles is 1. The Morgan fingerprint density at radius 3 is 2.50 bits per heavy atom. The van der Waals surface area contributed by atoms with Gasteiger partial charge in [0.05, 0.1) is 22.5 Å². The molecule has 0 bridgehead atoms. The zero-order valence-electron chi connectivity index (χ0n) is 12.5. The molecule has 5 heteroatoms. The van der Waals surface area contributed by atoms with Crippen molar-refractivity contribution in [3.63, 3.8) is 0 Å². The fourth-order valence-corrected chi connectivity index (χ4v) is 3.00. The third kappa shape index (κ3) is 1.80. The maximum atomic E-state index is 12.9. The Balaban J connectivity index is 2.33. The normalized spacial score (nSPS) is 11.9. The first-order valence-electron chi connectivity index (χ1n) is 7.33. The molecule has 0 aliphatic carbocycles. The molecule has 0 radical (unpaired) electrons. The van der Waals surface area contributed by atoms with Crippen LogP contribution in [0.15, 0.2) is 59.4 Å². The summed E-state index contributed by atoms with van der Waals surface area (Å²) in [4.78, 5) is 17.4. The van der Waals surface area contributed by atoms with Crippen molar-refractivity contribution in [2.45, 2.75) is 0 Å². The van der Waals surface area contributed by atoms with Crippen molar-refractivity contribution in [3.05, 3.63) is 75.7 Å². The number of rotatable bonds is 1. The predicted molar refractivity (Wildman–Crippen MR) is 91.4 cm³/mol. The summed E-state index contributed by atoms with van der Waals surface area (Å²) in [5, 5.41) is 19.5. The van der Waals surface area contributed by atoms with Crippen molar-refractivity contribution < 1.29 is 5.11 Å². The SMILES string of the molecule is N#Cc1c(-c2ccccc2)/c(=C/O)c(=O)n2c1nc1ccccc12. The van der Waals surface area contributed by atoms with Gasteiger partial charge in [-0.05, 0) is 17.7 Å². The van der Waals surface area contributed by atoms with Crippen LogP contribution in [0.4, 0.5) is 0 Å². The van der Waals surface area contributed by atoms with E-state index in [1.54, 1.807) is 30.3 Å². The largest absolute Gasteiger partial charge is 0.515 e. The van der Waals surface area contributed by atoms with E-state index in [-0.39, 0.29) is 10.8 Å². The number of imidazole rings is 1. The van der Waals surface area contributed by atoms with Gasteiger partial charge in [0.25, 0.3) is 5.56 Å². The monoisotopic (exact) mass is 313 g/mol. The topological polar surface area (TPSA) is 78.4 Å². The van der Waals surface area contributed by atoms with E-state index in [2.05, 4.69) is 11.1 Å². The zero-order chi connectivity index (χ0) is 16.7. The van der Waals surface area contributed by atoms with Crippen LogP contribution in [0.1, 0.15) is 5.56 Å². The lowest BCUT2D eigenvalue weighted by atomic mass is 10.00. The standard InChI is InChI=1S/C19H11N3O2/c20-10-13-17(12-6-2-1-3-7-12)14(11-23)19(24)22-16-9-5-4-8-15(16)21-18(13)22/h1-9,11,23H/b14-11-. The number of aliphatic hydroxyl groups excluding tert-OH is 1. The second kappa shape index (κ2) is 5.21. The molecule has 0 saturated carbocycles. The number of aromatic nitrogens is 2. The van der Waals surface area contributed by atoms with Gasteiger partial charge in [0.1, 0.15) is 11.6 Å². The van der Waals surface area contributed by atoms with Gasteiger partial charge >= 0.3 is 0 Å². The minimum absolute atomic E-state index is 0.0772. The Morgan fingerprint density at radius 1 is 1.08 bits per heavy atom. The summed E-state index contributed by atoms with van der Waals surface area (Å²) in [6, 6.07) is 18.4. The van der Waals surface area contributed by atoms with E-state index in [1.807, 2.05) is 24.3 Å². The molecule has 0 aliphatic heterocycles. The molecule has 1 N–H and O–H groups in total. The lowest BCUT2D eigenvalue weighted by Crippen LogP contribution is -2.33. The van der Waals surface area contributed by atoms with Crippen LogP contribution in [-0.4, -0.2) is 14.5 Å². The second-order valence-corrected chi connectivity index (χ2v) is 5.34. The summed E-state index contributed by atoms with van der Waals surface area (Å²) >= 11 is 0. The first kappa shape index (κ1) is 14.0. The number of fused-ring (bicyclic) bond motifs is 3. The van der Waals surface area contributed by atoms with E-state index in [4.69, 9.17) is 0 Å². The summed E-state index contributed by atoms with van der Waals surface area (Å²) in [6.45, 7) is 0. The number of para-hydroxylation sites is 2. The summed E-state index contributed by atoms with van der Waals surface area (Å²) in [6.07, 6.45) is 0.764. The molecule has 4 rings (SSSR count). The third-order valence-electron chi connectivity index (χ3n) is 4.04. The Hall–Kier alpha value is -3.65. The Kier molecular flexibility index (Phi) is 3.04. The van der Waals surface area contributed by atoms with Crippen molar-refractivity contribution in [3.8, 4) is 17.2 Å². The number of hydrogen-bond acceptors (Lipinski definition) is 4. The highest BCUT2D eigenvalue weighted by atomic mass is 16.2. The lowest BCUT2D eigenvalue weighted by molar-refractivity contribution is 0.539. The molecule has 0 spiro atoms. The van der Waals surface area contributed by atoms with Gasteiger partial charge in [0.15, 0.2) is 5.65 Å². The predicted octanol–water partition coefficient (Wildman–Crippen LogP) is 2.40. The summed E-state index contributed by atoms with van der Waals surface area (Å²) in [5.74, 6) is 0. The molecule has 0 aliphatic rings. The third-order valence-corrected chi connectivity index (χ3v) is 4.04. The minimum Gasteiger partial charge on any atom is -0.515 e. The molecule has 0 amide bonds. The molecular formula is C19H11N3O2. The van der Waals surface area contributed by atoms with Crippen molar-refractivity contribution >= 4 is 22.9 Å². The zero-order valence-corrected chi connectivity index (χ0v) is 12.5. The van der Waals surface area contributed by atoms with Crippen molar-refractivity contribution in [2.24, 2.45) is 0 Å². The Labute approximate surface area is 136 Å². The van der Waals surface area contributed by atoms with Crippen LogP contribution in [0.25, 0.3) is 34.1 Å². The van der Waals surface area contributed by atoms with Gasteiger partial charge in [0.2, 0.25) is 0 Å². The molecule has 2 aromatic heterocycles. The van der Waals surface area contributed by atoms with Crippen molar-refractivity contribution in [1.82, 2.24) is 9.38 Å². The first-order chi connectivity index (χ1) is 11.8. The molecule has 0 saturated heterocycles. The number of benzene rings is 2. The van der Waals surface area contributed by atoms with Gasteiger partial charge in [-0.3, -0.25) is 9.20 Å². The molecule has 2 heterocycles. The minimum atomic E-state index is -0.404. The molecule has 0 fully saturated rings. The molecular weight excluding hydrogens is 302 g/mol. The Bertz CT molecular complexity index is 1240. The molecule has 0 unspecified atom stereocenters. The van der Waals surface area contributed by atoms with E-state index < -0.39 is 5.56 Å². The van der Waals surface area contributed by atoms with Crippen LogP contribution in [0.5, 0.6) is 0 Å². The van der Waals surface area contributed by atoms with E-state index >= 15 is 0 Å². The second-order valence-electron chi connectivity index (χ2n) is 5.34. The van der Waals surface area contributed by atoms with Crippen LogP contribution in [0.2, 0.25) is 0 Å². The molecule has 2 aromatic carbocycles. The highest BCUT2D eigenvalue weighted by molar-refractivity contribution is 5.86. The summed E-state index contributed by atoms with van der Waals surface area (Å²) < 4.78 is 1.38. The van der Waals surface area contributed by atoms with Gasteiger partial charge in [-0.1, -0.05) is 42.5 Å². The van der Waals surface area contributed by atoms with Crippen molar-refractivity contribution in [2.75, 3.05) is 0 Å². The van der Waals surface area contributed by atoms with Crippen molar-refractivity contribution in [1.29, 1.82) is 5.26 Å². The van der Waals surface area contributed by atoms with E-state index in [0.717, 1.165) is 6.26 Å². The van der Waals surface area contributed by atoms with Gasteiger partial charge in [-0.2, -0.15) is 5.26 Å². The molecule has 114 valence electrons. The summed E-state index contributed by atoms with van der Waals surface area (Å²) in [5.41, 5.74) is 2.47. The Morgan fingerprint density at radius 2 is 1.79 bits per heavy atom. The van der Waals surface area contributed by atoms with Crippen LogP contribution >= 0.6 is 0 Å². The number of aliphatic hydroxyl groups is 1.